The molecule has 0 aliphatic carbocycles. The van der Waals surface area contributed by atoms with Crippen LogP contribution >= 0.6 is 0 Å². The van der Waals surface area contributed by atoms with Gasteiger partial charge in [-0.3, -0.25) is 9.78 Å². The number of aliphatic hydroxyl groups excluding tert-OH is 1. The summed E-state index contributed by atoms with van der Waals surface area (Å²) in [5.74, 6) is 0.547. The second-order valence-electron chi connectivity index (χ2n) is 13.6. The molecule has 3 nitrogen and oxygen atoms in total. The van der Waals surface area contributed by atoms with Gasteiger partial charge in [0.2, 0.25) is 0 Å². The van der Waals surface area contributed by atoms with Gasteiger partial charge in [0.15, 0.2) is 5.78 Å². The maximum atomic E-state index is 13.1. The molecular formula is C43H47F3IrNO2-. The SMILES string of the molecule is CC(C)(C)c1cc(-c2cc(-c3ccc4cc(C(F)(F)F)ccc4c3)ccn2)[c-]c2ccccc12.CCC(CC)C(=O)/C=C(\O)C(CC)CC.[Ir]. The van der Waals surface area contributed by atoms with Crippen LogP contribution in [0.2, 0.25) is 0 Å². The number of ketones is 1. The van der Waals surface area contributed by atoms with E-state index in [1.165, 1.54) is 29.2 Å². The van der Waals surface area contributed by atoms with Gasteiger partial charge in [0.05, 0.1) is 11.3 Å². The van der Waals surface area contributed by atoms with Crippen molar-refractivity contribution >= 4 is 27.3 Å². The van der Waals surface area contributed by atoms with Crippen molar-refractivity contribution in [1.29, 1.82) is 0 Å². The Morgan fingerprint density at radius 1 is 0.800 bits per heavy atom. The van der Waals surface area contributed by atoms with E-state index >= 15 is 0 Å². The van der Waals surface area contributed by atoms with Gasteiger partial charge in [-0.2, -0.15) is 13.2 Å². The average Bonchev–Trinajstić information content (AvgIpc) is 3.08. The number of pyridine rings is 1. The molecule has 0 saturated carbocycles. The number of benzene rings is 4. The summed E-state index contributed by atoms with van der Waals surface area (Å²) in [4.78, 5) is 16.3. The molecule has 7 heteroatoms. The van der Waals surface area contributed by atoms with Gasteiger partial charge in [-0.25, -0.2) is 0 Å². The summed E-state index contributed by atoms with van der Waals surface area (Å²) in [7, 11) is 0. The van der Waals surface area contributed by atoms with Crippen LogP contribution < -0.4 is 0 Å². The fraction of sp³-hybridized carbons (Fsp3) is 0.349. The monoisotopic (exact) mass is 859 g/mol. The molecule has 0 unspecified atom stereocenters. The summed E-state index contributed by atoms with van der Waals surface area (Å²) in [5, 5.41) is 13.3. The molecule has 267 valence electrons. The summed E-state index contributed by atoms with van der Waals surface area (Å²) in [6, 6.07) is 27.2. The van der Waals surface area contributed by atoms with Crippen molar-refractivity contribution < 1.29 is 43.2 Å². The van der Waals surface area contributed by atoms with E-state index in [2.05, 4.69) is 50.0 Å². The molecular weight excluding hydrogens is 812 g/mol. The summed E-state index contributed by atoms with van der Waals surface area (Å²) in [6.07, 6.45) is 2.32. The van der Waals surface area contributed by atoms with Crippen LogP contribution in [-0.2, 0) is 36.5 Å². The van der Waals surface area contributed by atoms with E-state index in [1.807, 2.05) is 64.1 Å². The molecule has 1 heterocycles. The first-order valence-electron chi connectivity index (χ1n) is 17.2. The van der Waals surface area contributed by atoms with Crippen molar-refractivity contribution in [3.05, 3.63) is 114 Å². The maximum Gasteiger partial charge on any atom is 0.416 e. The summed E-state index contributed by atoms with van der Waals surface area (Å²) >= 11 is 0. The topological polar surface area (TPSA) is 50.2 Å². The third-order valence-electron chi connectivity index (χ3n) is 9.20. The molecule has 1 N–H and O–H groups in total. The number of aliphatic hydroxyl groups is 1. The van der Waals surface area contributed by atoms with Crippen LogP contribution in [-0.4, -0.2) is 15.9 Å². The summed E-state index contributed by atoms with van der Waals surface area (Å²) in [6.45, 7) is 14.7. The van der Waals surface area contributed by atoms with Gasteiger partial charge in [-0.15, -0.1) is 29.1 Å². The number of nitrogens with zero attached hydrogens (tertiary/aromatic N) is 1. The maximum absolute atomic E-state index is 13.1. The number of halogens is 3. The molecule has 1 radical (unpaired) electrons. The fourth-order valence-electron chi connectivity index (χ4n) is 6.13. The van der Waals surface area contributed by atoms with Crippen molar-refractivity contribution in [2.24, 2.45) is 11.8 Å². The van der Waals surface area contributed by atoms with Crippen LogP contribution in [0.15, 0.2) is 96.9 Å². The number of hydrogen-bond donors (Lipinski definition) is 1. The minimum absolute atomic E-state index is 0. The molecule has 0 saturated heterocycles. The van der Waals surface area contributed by atoms with E-state index in [0.29, 0.717) is 5.39 Å². The number of rotatable bonds is 9. The molecule has 1 aromatic heterocycles. The third kappa shape index (κ3) is 9.92. The molecule has 4 aromatic carbocycles. The first-order chi connectivity index (χ1) is 23.2. The zero-order valence-corrected chi connectivity index (χ0v) is 32.3. The van der Waals surface area contributed by atoms with Gasteiger partial charge in [0.25, 0.3) is 0 Å². The molecule has 0 atom stereocenters. The number of carbonyl (C=O) groups is 1. The number of fused-ring (bicyclic) bond motifs is 2. The van der Waals surface area contributed by atoms with Crippen LogP contribution in [0.4, 0.5) is 13.2 Å². The van der Waals surface area contributed by atoms with Gasteiger partial charge in [0, 0.05) is 49.9 Å². The summed E-state index contributed by atoms with van der Waals surface area (Å²) < 4.78 is 39.2. The number of carbonyl (C=O) groups excluding carboxylic acids is 1. The van der Waals surface area contributed by atoms with Gasteiger partial charge in [-0.05, 0) is 77.3 Å². The Balaban J connectivity index is 0.000000361. The number of hydrogen-bond acceptors (Lipinski definition) is 3. The average molecular weight is 859 g/mol. The molecule has 0 aliphatic heterocycles. The normalized spacial score (nSPS) is 12.2. The van der Waals surface area contributed by atoms with Crippen molar-refractivity contribution in [2.75, 3.05) is 0 Å². The molecule has 5 aromatic rings. The molecule has 5 rings (SSSR count). The fourth-order valence-corrected chi connectivity index (χ4v) is 6.13. The predicted octanol–water partition coefficient (Wildman–Crippen LogP) is 12.7. The number of allylic oxidation sites excluding steroid dienone is 2. The Bertz CT molecular complexity index is 1930. The standard InChI is InChI=1S/C30H23F3N.C13H24O2.Ir/c1-29(2,3)27-17-24(15-23-6-4-5-7-26(23)27)28-18-22(12-13-34-28)19-8-9-21-16-25(30(31,32)33)11-10-20(21)14-19;1-5-10(6-2)12(14)9-13(15)11(7-3)8-4;/h4-14,16-18H,1-3H3;9-11,14H,5-8H2,1-4H3;/q-1;;/b;12-9-;. The molecule has 0 spiro atoms. The van der Waals surface area contributed by atoms with Crippen molar-refractivity contribution in [1.82, 2.24) is 4.98 Å². The molecule has 0 aliphatic rings. The number of alkyl halides is 3. The van der Waals surface area contributed by atoms with Crippen LogP contribution in [0.25, 0.3) is 43.9 Å². The van der Waals surface area contributed by atoms with Crippen molar-refractivity contribution in [3.8, 4) is 22.4 Å². The zero-order chi connectivity index (χ0) is 35.9. The van der Waals surface area contributed by atoms with E-state index in [0.717, 1.165) is 64.9 Å². The van der Waals surface area contributed by atoms with Gasteiger partial charge >= 0.3 is 6.18 Å². The largest absolute Gasteiger partial charge is 0.512 e. The van der Waals surface area contributed by atoms with Gasteiger partial charge in [-0.1, -0.05) is 102 Å². The Hall–Kier alpha value is -3.80. The Labute approximate surface area is 308 Å². The molecule has 0 fully saturated rings. The van der Waals surface area contributed by atoms with E-state index in [9.17, 15) is 23.1 Å². The first kappa shape index (κ1) is 40.6. The van der Waals surface area contributed by atoms with Crippen LogP contribution in [0.5, 0.6) is 0 Å². The molecule has 0 amide bonds. The smallest absolute Gasteiger partial charge is 0.416 e. The van der Waals surface area contributed by atoms with E-state index in [-0.39, 0.29) is 48.9 Å². The molecule has 0 bridgehead atoms. The van der Waals surface area contributed by atoms with Crippen LogP contribution in [0.1, 0.15) is 85.3 Å². The number of aromatic nitrogens is 1. The van der Waals surface area contributed by atoms with Crippen LogP contribution in [0, 0.1) is 17.9 Å². The Kier molecular flexibility index (Phi) is 14.2. The predicted molar refractivity (Wildman–Crippen MR) is 197 cm³/mol. The van der Waals surface area contributed by atoms with Crippen LogP contribution in [0.3, 0.4) is 0 Å². The third-order valence-corrected chi connectivity index (χ3v) is 9.20. The first-order valence-corrected chi connectivity index (χ1v) is 17.2. The van der Waals surface area contributed by atoms with Crippen molar-refractivity contribution in [3.63, 3.8) is 0 Å². The van der Waals surface area contributed by atoms with E-state index in [4.69, 9.17) is 0 Å². The zero-order valence-electron chi connectivity index (χ0n) is 29.9. The Morgan fingerprint density at radius 3 is 2.02 bits per heavy atom. The Morgan fingerprint density at radius 2 is 1.40 bits per heavy atom. The minimum atomic E-state index is -4.35. The minimum Gasteiger partial charge on any atom is -0.512 e. The molecule has 50 heavy (non-hydrogen) atoms. The second-order valence-corrected chi connectivity index (χ2v) is 13.6. The van der Waals surface area contributed by atoms with Gasteiger partial charge in [0.1, 0.15) is 0 Å². The van der Waals surface area contributed by atoms with Gasteiger partial charge < -0.3 is 5.11 Å². The van der Waals surface area contributed by atoms with Crippen molar-refractivity contribution in [2.45, 2.75) is 85.7 Å². The summed E-state index contributed by atoms with van der Waals surface area (Å²) in [5.41, 5.74) is 4.14. The van der Waals surface area contributed by atoms with E-state index < -0.39 is 11.7 Å². The van der Waals surface area contributed by atoms with E-state index in [1.54, 1.807) is 12.3 Å². The quantitative estimate of drug-likeness (QED) is 0.0913. The second kappa shape index (κ2) is 17.4.